The second-order valence-electron chi connectivity index (χ2n) is 4.95. The van der Waals surface area contributed by atoms with Crippen molar-refractivity contribution in [1.29, 1.82) is 5.26 Å². The van der Waals surface area contributed by atoms with Gasteiger partial charge in [-0.2, -0.15) is 5.26 Å². The van der Waals surface area contributed by atoms with E-state index in [0.29, 0.717) is 5.75 Å². The molecule has 2 rings (SSSR count). The first-order valence-electron chi connectivity index (χ1n) is 8.83. The van der Waals surface area contributed by atoms with Crippen LogP contribution in [0.3, 0.4) is 0 Å². The van der Waals surface area contributed by atoms with Crippen LogP contribution in [0.25, 0.3) is 0 Å². The van der Waals surface area contributed by atoms with Gasteiger partial charge in [-0.3, -0.25) is 0 Å². The van der Waals surface area contributed by atoms with E-state index in [2.05, 4.69) is 44.7 Å². The number of hydrogen-bond donors (Lipinski definition) is 0. The molecule has 0 aliphatic rings. The number of esters is 1. The standard InChI is InChI=1S/C11H9NO2.C8H10.2C2H6/c1-8-3-5-10(6-4-8)14-11(13)9(2)7-12;1-7-3-5-8(2)6-4-7;2*1-2/h3-6H,2H2,1H3;3-6H,1-2H3;2*1-2H3. The van der Waals surface area contributed by atoms with Crippen LogP contribution >= 0.6 is 0 Å². The minimum absolute atomic E-state index is 0.203. The molecular formula is C23H31NO2. The molecule has 0 aromatic heterocycles. The van der Waals surface area contributed by atoms with E-state index in [1.54, 1.807) is 18.2 Å². The third-order valence-electron chi connectivity index (χ3n) is 2.83. The van der Waals surface area contributed by atoms with Gasteiger partial charge in [0, 0.05) is 0 Å². The molecule has 0 amide bonds. The molecule has 3 heteroatoms. The summed E-state index contributed by atoms with van der Waals surface area (Å²) in [5.41, 5.74) is 3.53. The van der Waals surface area contributed by atoms with Crippen LogP contribution in [0.5, 0.6) is 5.75 Å². The van der Waals surface area contributed by atoms with E-state index in [4.69, 9.17) is 10.00 Å². The summed E-state index contributed by atoms with van der Waals surface area (Å²) < 4.78 is 4.86. The molecule has 0 fully saturated rings. The van der Waals surface area contributed by atoms with Crippen LogP contribution in [0.4, 0.5) is 0 Å². The molecule has 0 aliphatic heterocycles. The van der Waals surface area contributed by atoms with Crippen LogP contribution in [0.15, 0.2) is 60.7 Å². The average Bonchev–Trinajstić information content (AvgIpc) is 2.69. The molecule has 0 heterocycles. The Hall–Kier alpha value is -2.86. The molecule has 2 aromatic rings. The molecule has 140 valence electrons. The maximum atomic E-state index is 11.1. The smallest absolute Gasteiger partial charge is 0.353 e. The van der Waals surface area contributed by atoms with Crippen LogP contribution in [-0.4, -0.2) is 5.97 Å². The number of carbonyl (C=O) groups is 1. The number of benzene rings is 2. The molecular weight excluding hydrogens is 322 g/mol. The van der Waals surface area contributed by atoms with Gasteiger partial charge in [-0.1, -0.05) is 87.4 Å². The van der Waals surface area contributed by atoms with E-state index >= 15 is 0 Å². The monoisotopic (exact) mass is 353 g/mol. The van der Waals surface area contributed by atoms with Crippen molar-refractivity contribution in [3.8, 4) is 11.8 Å². The maximum Gasteiger partial charge on any atom is 0.353 e. The third-order valence-corrected chi connectivity index (χ3v) is 2.83. The van der Waals surface area contributed by atoms with E-state index in [9.17, 15) is 4.79 Å². The van der Waals surface area contributed by atoms with Crippen LogP contribution < -0.4 is 4.74 Å². The first-order chi connectivity index (χ1) is 12.4. The Labute approximate surface area is 158 Å². The van der Waals surface area contributed by atoms with Gasteiger partial charge in [-0.05, 0) is 32.9 Å². The molecule has 0 atom stereocenters. The largest absolute Gasteiger partial charge is 0.422 e. The van der Waals surface area contributed by atoms with Crippen LogP contribution in [0.2, 0.25) is 0 Å². The summed E-state index contributed by atoms with van der Waals surface area (Å²) in [6.07, 6.45) is 0. The van der Waals surface area contributed by atoms with Crippen molar-refractivity contribution >= 4 is 5.97 Å². The normalized spacial score (nSPS) is 8.08. The number of nitriles is 1. The summed E-state index contributed by atoms with van der Waals surface area (Å²) in [6, 6.07) is 17.1. The van der Waals surface area contributed by atoms with Gasteiger partial charge in [-0.25, -0.2) is 4.79 Å². The van der Waals surface area contributed by atoms with E-state index in [1.165, 1.54) is 11.1 Å². The highest BCUT2D eigenvalue weighted by molar-refractivity contribution is 5.93. The summed E-state index contributed by atoms with van der Waals surface area (Å²) in [6.45, 7) is 17.4. The Morgan fingerprint density at radius 1 is 0.808 bits per heavy atom. The number of hydrogen-bond acceptors (Lipinski definition) is 3. The Balaban J connectivity index is 0. The Morgan fingerprint density at radius 3 is 1.42 bits per heavy atom. The molecule has 0 saturated heterocycles. The number of nitrogens with zero attached hydrogens (tertiary/aromatic N) is 1. The van der Waals surface area contributed by atoms with Gasteiger partial charge in [0.2, 0.25) is 0 Å². The van der Waals surface area contributed by atoms with Crippen molar-refractivity contribution in [3.05, 3.63) is 77.4 Å². The first-order valence-corrected chi connectivity index (χ1v) is 8.83. The van der Waals surface area contributed by atoms with Gasteiger partial charge in [0.1, 0.15) is 17.4 Å². The number of carbonyl (C=O) groups excluding carboxylic acids is 1. The highest BCUT2D eigenvalue weighted by Gasteiger charge is 2.08. The lowest BCUT2D eigenvalue weighted by molar-refractivity contribution is -0.129. The SMILES string of the molecule is C=C(C#N)C(=O)Oc1ccc(C)cc1.CC.CC.Cc1ccc(C)cc1. The molecule has 0 radical (unpaired) electrons. The predicted molar refractivity (Wildman–Crippen MR) is 110 cm³/mol. The summed E-state index contributed by atoms with van der Waals surface area (Å²) in [5, 5.41) is 8.38. The van der Waals surface area contributed by atoms with Crippen molar-refractivity contribution in [2.75, 3.05) is 0 Å². The fourth-order valence-electron chi connectivity index (χ4n) is 1.46. The number of aryl methyl sites for hydroxylation is 3. The van der Waals surface area contributed by atoms with Crippen molar-refractivity contribution in [2.45, 2.75) is 48.5 Å². The molecule has 0 spiro atoms. The zero-order valence-electron chi connectivity index (χ0n) is 17.1. The van der Waals surface area contributed by atoms with Crippen molar-refractivity contribution < 1.29 is 9.53 Å². The van der Waals surface area contributed by atoms with Crippen molar-refractivity contribution in [2.24, 2.45) is 0 Å². The maximum absolute atomic E-state index is 11.1. The lowest BCUT2D eigenvalue weighted by atomic mass is 10.2. The topological polar surface area (TPSA) is 50.1 Å². The van der Waals surface area contributed by atoms with Crippen LogP contribution in [-0.2, 0) is 4.79 Å². The van der Waals surface area contributed by atoms with E-state index in [0.717, 1.165) is 5.56 Å². The number of ether oxygens (including phenoxy) is 1. The molecule has 0 aliphatic carbocycles. The lowest BCUT2D eigenvalue weighted by Gasteiger charge is -2.01. The first kappa shape index (κ1) is 25.4. The Morgan fingerprint density at radius 2 is 1.12 bits per heavy atom. The van der Waals surface area contributed by atoms with Crippen LogP contribution in [0.1, 0.15) is 44.4 Å². The lowest BCUT2D eigenvalue weighted by Crippen LogP contribution is -2.08. The fourth-order valence-corrected chi connectivity index (χ4v) is 1.46. The summed E-state index contributed by atoms with van der Waals surface area (Å²) in [7, 11) is 0. The predicted octanol–water partition coefficient (Wildman–Crippen LogP) is 6.34. The molecule has 0 saturated carbocycles. The molecule has 0 unspecified atom stereocenters. The Bertz CT molecular complexity index is 657. The van der Waals surface area contributed by atoms with Crippen molar-refractivity contribution in [3.63, 3.8) is 0 Å². The molecule has 3 nitrogen and oxygen atoms in total. The molecule has 0 N–H and O–H groups in total. The summed E-state index contributed by atoms with van der Waals surface area (Å²) in [5.74, 6) is -0.298. The second kappa shape index (κ2) is 15.7. The zero-order valence-corrected chi connectivity index (χ0v) is 17.1. The third kappa shape index (κ3) is 11.6. The zero-order chi connectivity index (χ0) is 20.5. The Kier molecular flexibility index (Phi) is 15.3. The summed E-state index contributed by atoms with van der Waals surface area (Å²) >= 11 is 0. The second-order valence-corrected chi connectivity index (χ2v) is 4.95. The molecule has 2 aromatic carbocycles. The van der Waals surface area contributed by atoms with E-state index < -0.39 is 5.97 Å². The highest BCUT2D eigenvalue weighted by atomic mass is 16.5. The summed E-state index contributed by atoms with van der Waals surface area (Å²) in [4.78, 5) is 11.1. The van der Waals surface area contributed by atoms with E-state index in [1.807, 2.05) is 46.8 Å². The van der Waals surface area contributed by atoms with Gasteiger partial charge in [0.05, 0.1) is 0 Å². The van der Waals surface area contributed by atoms with E-state index in [-0.39, 0.29) is 5.57 Å². The van der Waals surface area contributed by atoms with Gasteiger partial charge in [-0.15, -0.1) is 0 Å². The fraction of sp³-hybridized carbons (Fsp3) is 0.304. The average molecular weight is 354 g/mol. The van der Waals surface area contributed by atoms with Crippen LogP contribution in [0, 0.1) is 32.1 Å². The molecule has 0 bridgehead atoms. The number of rotatable bonds is 2. The quantitative estimate of drug-likeness (QED) is 0.274. The minimum atomic E-state index is -0.712. The molecule has 26 heavy (non-hydrogen) atoms. The van der Waals surface area contributed by atoms with Gasteiger partial charge in [0.25, 0.3) is 0 Å². The minimum Gasteiger partial charge on any atom is -0.422 e. The van der Waals surface area contributed by atoms with Gasteiger partial charge >= 0.3 is 5.97 Å². The van der Waals surface area contributed by atoms with Gasteiger partial charge in [0.15, 0.2) is 0 Å². The van der Waals surface area contributed by atoms with Crippen molar-refractivity contribution in [1.82, 2.24) is 0 Å². The van der Waals surface area contributed by atoms with Gasteiger partial charge < -0.3 is 4.74 Å². The highest BCUT2D eigenvalue weighted by Crippen LogP contribution is 2.12.